The van der Waals surface area contributed by atoms with E-state index in [1.807, 2.05) is 0 Å². The second-order valence-corrected chi connectivity index (χ2v) is 2.91. The first kappa shape index (κ1) is 11.9. The Labute approximate surface area is 77.9 Å². The van der Waals surface area contributed by atoms with E-state index in [0.29, 0.717) is 12.8 Å². The minimum atomic E-state index is -0.907. The van der Waals surface area contributed by atoms with Crippen molar-refractivity contribution in [1.82, 2.24) is 0 Å². The van der Waals surface area contributed by atoms with E-state index in [4.69, 9.17) is 9.84 Å². The van der Waals surface area contributed by atoms with Crippen LogP contribution in [0.3, 0.4) is 0 Å². The van der Waals surface area contributed by atoms with Gasteiger partial charge in [-0.3, -0.25) is 9.59 Å². The second-order valence-electron chi connectivity index (χ2n) is 2.91. The van der Waals surface area contributed by atoms with Gasteiger partial charge in [0, 0.05) is 6.92 Å². The number of carbonyl (C=O) groups is 2. The van der Waals surface area contributed by atoms with Gasteiger partial charge in [-0.15, -0.1) is 0 Å². The largest absolute Gasteiger partial charge is 0.481 e. The molecule has 76 valence electrons. The summed E-state index contributed by atoms with van der Waals surface area (Å²) in [5.41, 5.74) is 0. The zero-order valence-corrected chi connectivity index (χ0v) is 8.24. The Bertz CT molecular complexity index is 188. The third-order valence-corrected chi connectivity index (χ3v) is 1.93. The van der Waals surface area contributed by atoms with Crippen LogP contribution in [0.4, 0.5) is 0 Å². The third kappa shape index (κ3) is 3.92. The number of carboxylic acids is 1. The smallest absolute Gasteiger partial charge is 0.310 e. The maximum atomic E-state index is 10.7. The van der Waals surface area contributed by atoms with Crippen molar-refractivity contribution in [2.75, 3.05) is 0 Å². The van der Waals surface area contributed by atoms with Gasteiger partial charge >= 0.3 is 11.9 Å². The highest BCUT2D eigenvalue weighted by Gasteiger charge is 2.27. The van der Waals surface area contributed by atoms with Gasteiger partial charge in [0.05, 0.1) is 5.92 Å². The van der Waals surface area contributed by atoms with Gasteiger partial charge in [-0.1, -0.05) is 13.8 Å². The fourth-order valence-electron chi connectivity index (χ4n) is 1.26. The van der Waals surface area contributed by atoms with Crippen LogP contribution in [-0.2, 0) is 14.3 Å². The lowest BCUT2D eigenvalue weighted by Crippen LogP contribution is -2.31. The summed E-state index contributed by atoms with van der Waals surface area (Å²) in [6.45, 7) is 4.86. The summed E-state index contributed by atoms with van der Waals surface area (Å²) in [6.07, 6.45) is 0.505. The molecule has 0 radical (unpaired) electrons. The van der Waals surface area contributed by atoms with Crippen molar-refractivity contribution in [2.45, 2.75) is 39.7 Å². The van der Waals surface area contributed by atoms with Crippen LogP contribution in [0.5, 0.6) is 0 Å². The SMILES string of the molecule is CC[C@H](OC(C)=O)[C@H](CC)C(=O)O. The van der Waals surface area contributed by atoms with Gasteiger partial charge in [0.25, 0.3) is 0 Å². The van der Waals surface area contributed by atoms with Crippen molar-refractivity contribution in [3.05, 3.63) is 0 Å². The Kier molecular flexibility index (Phi) is 5.11. The first-order chi connectivity index (χ1) is 6.02. The van der Waals surface area contributed by atoms with E-state index in [2.05, 4.69) is 0 Å². The zero-order chi connectivity index (χ0) is 10.4. The fraction of sp³-hybridized carbons (Fsp3) is 0.778. The van der Waals surface area contributed by atoms with Crippen LogP contribution in [0.2, 0.25) is 0 Å². The van der Waals surface area contributed by atoms with Crippen LogP contribution in [0.25, 0.3) is 0 Å². The van der Waals surface area contributed by atoms with Gasteiger partial charge in [-0.25, -0.2) is 0 Å². The van der Waals surface area contributed by atoms with Gasteiger partial charge in [0.1, 0.15) is 6.10 Å². The Morgan fingerprint density at radius 1 is 1.31 bits per heavy atom. The number of esters is 1. The lowest BCUT2D eigenvalue weighted by Gasteiger charge is -2.20. The van der Waals surface area contributed by atoms with E-state index in [1.165, 1.54) is 6.92 Å². The summed E-state index contributed by atoms with van der Waals surface area (Å²) in [4.78, 5) is 21.4. The molecular weight excluding hydrogens is 172 g/mol. The Morgan fingerprint density at radius 3 is 2.08 bits per heavy atom. The number of rotatable bonds is 5. The van der Waals surface area contributed by atoms with Crippen LogP contribution < -0.4 is 0 Å². The standard InChI is InChI=1S/C9H16O4/c1-4-7(9(11)12)8(5-2)13-6(3)10/h7-8H,4-5H2,1-3H3,(H,11,12)/t7-,8-/m0/s1. The fourth-order valence-corrected chi connectivity index (χ4v) is 1.26. The lowest BCUT2D eigenvalue weighted by molar-refractivity contribution is -0.157. The molecule has 0 spiro atoms. The molecular formula is C9H16O4. The van der Waals surface area contributed by atoms with Crippen molar-refractivity contribution >= 4 is 11.9 Å². The van der Waals surface area contributed by atoms with E-state index >= 15 is 0 Å². The quantitative estimate of drug-likeness (QED) is 0.663. The first-order valence-corrected chi connectivity index (χ1v) is 4.42. The minimum absolute atomic E-state index is 0.424. The van der Waals surface area contributed by atoms with Crippen molar-refractivity contribution in [1.29, 1.82) is 0 Å². The summed E-state index contributed by atoms with van der Waals surface area (Å²) in [7, 11) is 0. The number of carboxylic acid groups (broad SMARTS) is 1. The average molecular weight is 188 g/mol. The summed E-state index contributed by atoms with van der Waals surface area (Å²) < 4.78 is 4.89. The van der Waals surface area contributed by atoms with Gasteiger partial charge in [-0.2, -0.15) is 0 Å². The number of carbonyl (C=O) groups excluding carboxylic acids is 1. The Hall–Kier alpha value is -1.06. The van der Waals surface area contributed by atoms with Crippen molar-refractivity contribution in [3.63, 3.8) is 0 Å². The highest BCUT2D eigenvalue weighted by Crippen LogP contribution is 2.15. The van der Waals surface area contributed by atoms with Crippen LogP contribution >= 0.6 is 0 Å². The van der Waals surface area contributed by atoms with Crippen LogP contribution in [0, 0.1) is 5.92 Å². The molecule has 0 rings (SSSR count). The molecule has 0 amide bonds. The molecule has 0 saturated heterocycles. The van der Waals surface area contributed by atoms with Crippen molar-refractivity contribution < 1.29 is 19.4 Å². The molecule has 0 bridgehead atoms. The number of ether oxygens (including phenoxy) is 1. The molecule has 4 heteroatoms. The van der Waals surface area contributed by atoms with Crippen LogP contribution in [0.15, 0.2) is 0 Å². The number of aliphatic carboxylic acids is 1. The highest BCUT2D eigenvalue weighted by molar-refractivity contribution is 5.72. The molecule has 0 fully saturated rings. The summed E-state index contributed by atoms with van der Waals surface area (Å²) in [5, 5.41) is 8.80. The molecule has 0 aromatic carbocycles. The minimum Gasteiger partial charge on any atom is -0.481 e. The van der Waals surface area contributed by atoms with Gasteiger partial charge in [0.15, 0.2) is 0 Å². The predicted molar refractivity (Wildman–Crippen MR) is 47.3 cm³/mol. The van der Waals surface area contributed by atoms with Gasteiger partial charge in [-0.05, 0) is 12.8 Å². The zero-order valence-electron chi connectivity index (χ0n) is 8.24. The van der Waals surface area contributed by atoms with E-state index in [0.717, 1.165) is 0 Å². The molecule has 0 heterocycles. The van der Waals surface area contributed by atoms with Crippen molar-refractivity contribution in [3.8, 4) is 0 Å². The van der Waals surface area contributed by atoms with Crippen LogP contribution in [-0.4, -0.2) is 23.1 Å². The second kappa shape index (κ2) is 5.56. The van der Waals surface area contributed by atoms with Gasteiger partial charge < -0.3 is 9.84 Å². The normalized spacial score (nSPS) is 14.7. The van der Waals surface area contributed by atoms with E-state index in [1.54, 1.807) is 13.8 Å². The van der Waals surface area contributed by atoms with Crippen LogP contribution in [0.1, 0.15) is 33.6 Å². The monoisotopic (exact) mass is 188 g/mol. The lowest BCUT2D eigenvalue weighted by atomic mass is 9.97. The summed E-state index contributed by atoms with van der Waals surface area (Å²) in [6, 6.07) is 0. The average Bonchev–Trinajstić information content (AvgIpc) is 2.02. The highest BCUT2D eigenvalue weighted by atomic mass is 16.5. The van der Waals surface area contributed by atoms with E-state index in [9.17, 15) is 9.59 Å². The predicted octanol–water partition coefficient (Wildman–Crippen LogP) is 1.44. The molecule has 0 saturated carbocycles. The molecule has 0 unspecified atom stereocenters. The molecule has 2 atom stereocenters. The summed E-state index contributed by atoms with van der Waals surface area (Å²) in [5.74, 6) is -1.92. The Balaban J connectivity index is 4.33. The topological polar surface area (TPSA) is 63.6 Å². The van der Waals surface area contributed by atoms with Crippen molar-refractivity contribution in [2.24, 2.45) is 5.92 Å². The third-order valence-electron chi connectivity index (χ3n) is 1.93. The maximum Gasteiger partial charge on any atom is 0.310 e. The first-order valence-electron chi connectivity index (χ1n) is 4.42. The molecule has 0 aromatic rings. The maximum absolute atomic E-state index is 10.7. The summed E-state index contributed by atoms with van der Waals surface area (Å²) >= 11 is 0. The molecule has 1 N–H and O–H groups in total. The molecule has 4 nitrogen and oxygen atoms in total. The van der Waals surface area contributed by atoms with E-state index in [-0.39, 0.29) is 0 Å². The molecule has 13 heavy (non-hydrogen) atoms. The molecule has 0 aliphatic heterocycles. The molecule has 0 aliphatic rings. The Morgan fingerprint density at radius 2 is 1.85 bits per heavy atom. The number of hydrogen-bond donors (Lipinski definition) is 1. The molecule has 0 aliphatic carbocycles. The van der Waals surface area contributed by atoms with E-state index < -0.39 is 24.0 Å². The number of hydrogen-bond acceptors (Lipinski definition) is 3. The molecule has 0 aromatic heterocycles. The van der Waals surface area contributed by atoms with Gasteiger partial charge in [0.2, 0.25) is 0 Å².